The van der Waals surface area contributed by atoms with E-state index in [0.29, 0.717) is 11.8 Å². The van der Waals surface area contributed by atoms with Crippen LogP contribution in [0.15, 0.2) is 0 Å². The van der Waals surface area contributed by atoms with E-state index in [1.54, 1.807) is 6.92 Å². The summed E-state index contributed by atoms with van der Waals surface area (Å²) in [4.78, 5) is 22.8. The van der Waals surface area contributed by atoms with Crippen LogP contribution in [-0.2, 0) is 9.59 Å². The van der Waals surface area contributed by atoms with Gasteiger partial charge in [0.1, 0.15) is 6.04 Å². The first kappa shape index (κ1) is 11.4. The highest BCUT2D eigenvalue weighted by Crippen LogP contribution is 2.47. The van der Waals surface area contributed by atoms with Crippen molar-refractivity contribution in [2.24, 2.45) is 29.2 Å². The molecule has 5 N–H and O–H groups in total. The molecule has 0 radical (unpaired) electrons. The fourth-order valence-electron chi connectivity index (χ4n) is 3.11. The molecule has 0 spiro atoms. The van der Waals surface area contributed by atoms with E-state index in [4.69, 9.17) is 11.5 Å². The molecule has 2 bridgehead atoms. The van der Waals surface area contributed by atoms with Crippen molar-refractivity contribution in [2.75, 3.05) is 0 Å². The van der Waals surface area contributed by atoms with Gasteiger partial charge in [-0.05, 0) is 38.0 Å². The Labute approximate surface area is 94.9 Å². The molecule has 0 aliphatic heterocycles. The van der Waals surface area contributed by atoms with Crippen molar-refractivity contribution in [3.63, 3.8) is 0 Å². The topological polar surface area (TPSA) is 98.2 Å². The van der Waals surface area contributed by atoms with Crippen molar-refractivity contribution < 1.29 is 9.59 Å². The summed E-state index contributed by atoms with van der Waals surface area (Å²) in [5.74, 6) is 0.154. The molecule has 2 aliphatic carbocycles. The fourth-order valence-corrected chi connectivity index (χ4v) is 3.11. The van der Waals surface area contributed by atoms with Gasteiger partial charge in [0.25, 0.3) is 0 Å². The number of fused-ring (bicyclic) bond motifs is 2. The van der Waals surface area contributed by atoms with E-state index in [9.17, 15) is 9.59 Å². The number of hydrogen-bond donors (Lipinski definition) is 3. The molecule has 5 unspecified atom stereocenters. The van der Waals surface area contributed by atoms with Gasteiger partial charge in [-0.15, -0.1) is 0 Å². The van der Waals surface area contributed by atoms with Gasteiger partial charge < -0.3 is 16.8 Å². The predicted octanol–water partition coefficient (Wildman–Crippen LogP) is -0.650. The number of nitrogens with two attached hydrogens (primary N) is 2. The van der Waals surface area contributed by atoms with E-state index in [1.807, 2.05) is 0 Å². The second-order valence-corrected chi connectivity index (χ2v) is 5.07. The summed E-state index contributed by atoms with van der Waals surface area (Å²) in [6, 6.07) is -0.655. The summed E-state index contributed by atoms with van der Waals surface area (Å²) >= 11 is 0. The summed E-state index contributed by atoms with van der Waals surface area (Å²) in [7, 11) is 0. The van der Waals surface area contributed by atoms with Crippen LogP contribution in [0.2, 0.25) is 0 Å². The van der Waals surface area contributed by atoms with Crippen LogP contribution in [0.1, 0.15) is 26.2 Å². The zero-order valence-electron chi connectivity index (χ0n) is 9.48. The summed E-state index contributed by atoms with van der Waals surface area (Å²) in [6.07, 6.45) is 3.28. The van der Waals surface area contributed by atoms with Gasteiger partial charge in [0, 0.05) is 6.04 Å². The SMILES string of the molecule is CC(NC(=O)C1C2CCC(C2)C1N)C(N)=O. The predicted molar refractivity (Wildman–Crippen MR) is 59.1 cm³/mol. The molecule has 2 fully saturated rings. The van der Waals surface area contributed by atoms with Crippen molar-refractivity contribution in [1.82, 2.24) is 5.32 Å². The third-order valence-corrected chi connectivity index (χ3v) is 4.07. The second kappa shape index (κ2) is 4.05. The van der Waals surface area contributed by atoms with E-state index in [0.717, 1.165) is 19.3 Å². The Hall–Kier alpha value is -1.10. The monoisotopic (exact) mass is 225 g/mol. The third-order valence-electron chi connectivity index (χ3n) is 4.07. The second-order valence-electron chi connectivity index (χ2n) is 5.07. The first-order chi connectivity index (χ1) is 7.50. The zero-order valence-corrected chi connectivity index (χ0v) is 9.48. The van der Waals surface area contributed by atoms with Crippen LogP contribution < -0.4 is 16.8 Å². The van der Waals surface area contributed by atoms with Crippen LogP contribution in [0.5, 0.6) is 0 Å². The Morgan fingerprint density at radius 1 is 1.31 bits per heavy atom. The Balaban J connectivity index is 1.98. The van der Waals surface area contributed by atoms with Gasteiger partial charge >= 0.3 is 0 Å². The van der Waals surface area contributed by atoms with E-state index >= 15 is 0 Å². The number of rotatable bonds is 3. The van der Waals surface area contributed by atoms with E-state index in [-0.39, 0.29) is 17.9 Å². The normalized spacial score (nSPS) is 38.4. The quantitative estimate of drug-likeness (QED) is 0.595. The molecular weight excluding hydrogens is 206 g/mol. The van der Waals surface area contributed by atoms with Gasteiger partial charge in [0.15, 0.2) is 0 Å². The van der Waals surface area contributed by atoms with Gasteiger partial charge in [-0.25, -0.2) is 0 Å². The lowest BCUT2D eigenvalue weighted by Crippen LogP contribution is -2.50. The Morgan fingerprint density at radius 2 is 1.94 bits per heavy atom. The van der Waals surface area contributed by atoms with Gasteiger partial charge in [-0.2, -0.15) is 0 Å². The van der Waals surface area contributed by atoms with Crippen molar-refractivity contribution in [1.29, 1.82) is 0 Å². The lowest BCUT2D eigenvalue weighted by Gasteiger charge is -2.27. The highest BCUT2D eigenvalue weighted by atomic mass is 16.2. The maximum absolute atomic E-state index is 12.0. The van der Waals surface area contributed by atoms with Crippen molar-refractivity contribution in [3.05, 3.63) is 0 Å². The molecular formula is C11H19N3O2. The number of carbonyl (C=O) groups is 2. The molecule has 5 atom stereocenters. The van der Waals surface area contributed by atoms with E-state index < -0.39 is 11.9 Å². The van der Waals surface area contributed by atoms with E-state index in [2.05, 4.69) is 5.32 Å². The largest absolute Gasteiger partial charge is 0.368 e. The molecule has 5 heteroatoms. The Kier molecular flexibility index (Phi) is 2.88. The Bertz CT molecular complexity index is 316. The average molecular weight is 225 g/mol. The summed E-state index contributed by atoms with van der Waals surface area (Å²) in [5.41, 5.74) is 11.1. The van der Waals surface area contributed by atoms with Crippen molar-refractivity contribution >= 4 is 11.8 Å². The maximum Gasteiger partial charge on any atom is 0.239 e. The first-order valence-corrected chi connectivity index (χ1v) is 5.86. The molecule has 2 saturated carbocycles. The van der Waals surface area contributed by atoms with Crippen LogP contribution in [-0.4, -0.2) is 23.9 Å². The fraction of sp³-hybridized carbons (Fsp3) is 0.818. The minimum atomic E-state index is -0.612. The van der Waals surface area contributed by atoms with Crippen LogP contribution in [0.4, 0.5) is 0 Å². The third kappa shape index (κ3) is 1.80. The first-order valence-electron chi connectivity index (χ1n) is 5.86. The highest BCUT2D eigenvalue weighted by Gasteiger charge is 2.49. The molecule has 16 heavy (non-hydrogen) atoms. The number of hydrogen-bond acceptors (Lipinski definition) is 3. The average Bonchev–Trinajstić information content (AvgIpc) is 2.77. The van der Waals surface area contributed by atoms with Gasteiger partial charge in [0.05, 0.1) is 5.92 Å². The number of amides is 2. The summed E-state index contributed by atoms with van der Waals surface area (Å²) < 4.78 is 0. The Morgan fingerprint density at radius 3 is 2.44 bits per heavy atom. The number of nitrogens with one attached hydrogen (secondary N) is 1. The molecule has 0 aromatic rings. The van der Waals surface area contributed by atoms with Gasteiger partial charge in [0.2, 0.25) is 11.8 Å². The maximum atomic E-state index is 12.0. The summed E-state index contributed by atoms with van der Waals surface area (Å²) in [6.45, 7) is 1.60. The minimum Gasteiger partial charge on any atom is -0.368 e. The lowest BCUT2D eigenvalue weighted by molar-refractivity contribution is -0.131. The van der Waals surface area contributed by atoms with Crippen LogP contribution in [0.3, 0.4) is 0 Å². The molecule has 2 aliphatic rings. The molecule has 2 amide bonds. The molecule has 2 rings (SSSR count). The summed E-state index contributed by atoms with van der Waals surface area (Å²) in [5, 5.41) is 2.64. The van der Waals surface area contributed by atoms with Crippen molar-refractivity contribution in [3.8, 4) is 0 Å². The highest BCUT2D eigenvalue weighted by molar-refractivity contribution is 5.87. The minimum absolute atomic E-state index is 0.0428. The molecule has 90 valence electrons. The van der Waals surface area contributed by atoms with E-state index in [1.165, 1.54) is 0 Å². The van der Waals surface area contributed by atoms with Gasteiger partial charge in [-0.3, -0.25) is 9.59 Å². The van der Waals surface area contributed by atoms with Crippen LogP contribution in [0, 0.1) is 17.8 Å². The van der Waals surface area contributed by atoms with Crippen molar-refractivity contribution in [2.45, 2.75) is 38.3 Å². The van der Waals surface area contributed by atoms with Gasteiger partial charge in [-0.1, -0.05) is 0 Å². The zero-order chi connectivity index (χ0) is 11.9. The molecule has 5 nitrogen and oxygen atoms in total. The molecule has 0 aromatic carbocycles. The molecule has 0 heterocycles. The standard InChI is InChI=1S/C11H19N3O2/c1-5(10(13)15)14-11(16)8-6-2-3-7(4-6)9(8)12/h5-9H,2-4,12H2,1H3,(H2,13,15)(H,14,16). The lowest BCUT2D eigenvalue weighted by atomic mass is 9.84. The number of carbonyl (C=O) groups excluding carboxylic acids is 2. The molecule has 0 saturated heterocycles. The number of primary amides is 1. The van der Waals surface area contributed by atoms with Crippen LogP contribution >= 0.6 is 0 Å². The molecule has 0 aromatic heterocycles. The van der Waals surface area contributed by atoms with Crippen LogP contribution in [0.25, 0.3) is 0 Å². The smallest absolute Gasteiger partial charge is 0.239 e.